The first kappa shape index (κ1) is 14.1. The molecule has 4 heteroatoms. The molecular formula is C16H23NO2S. The fourth-order valence-corrected chi connectivity index (χ4v) is 5.28. The van der Waals surface area contributed by atoms with Crippen LogP contribution in [-0.4, -0.2) is 25.5 Å². The van der Waals surface area contributed by atoms with Gasteiger partial charge in [0.2, 0.25) is 0 Å². The van der Waals surface area contributed by atoms with E-state index in [2.05, 4.69) is 43.4 Å². The van der Waals surface area contributed by atoms with Crippen molar-refractivity contribution in [1.82, 2.24) is 5.32 Å². The normalized spacial score (nSPS) is 30.3. The number of hydrogen-bond acceptors (Lipinski definition) is 3. The Bertz CT molecular complexity index is 589. The first-order valence-corrected chi connectivity index (χ1v) is 9.24. The van der Waals surface area contributed by atoms with Crippen molar-refractivity contribution in [2.75, 3.05) is 11.5 Å². The lowest BCUT2D eigenvalue weighted by molar-refractivity contribution is 0.322. The van der Waals surface area contributed by atoms with E-state index in [1.54, 1.807) is 0 Å². The Labute approximate surface area is 121 Å². The maximum absolute atomic E-state index is 11.8. The molecule has 1 aliphatic carbocycles. The summed E-state index contributed by atoms with van der Waals surface area (Å²) in [6, 6.07) is 8.94. The van der Waals surface area contributed by atoms with Crippen molar-refractivity contribution in [2.24, 2.45) is 5.92 Å². The van der Waals surface area contributed by atoms with Gasteiger partial charge in [-0.05, 0) is 44.6 Å². The van der Waals surface area contributed by atoms with Crippen LogP contribution in [0, 0.1) is 12.8 Å². The Morgan fingerprint density at radius 1 is 1.25 bits per heavy atom. The number of aryl methyl sites for hydroxylation is 1. The number of sulfone groups is 1. The molecule has 1 saturated heterocycles. The fraction of sp³-hybridized carbons (Fsp3) is 0.625. The maximum Gasteiger partial charge on any atom is 0.152 e. The molecule has 2 atom stereocenters. The molecule has 1 N–H and O–H groups in total. The molecule has 0 radical (unpaired) electrons. The van der Waals surface area contributed by atoms with Gasteiger partial charge in [0.1, 0.15) is 0 Å². The molecule has 20 heavy (non-hydrogen) atoms. The topological polar surface area (TPSA) is 46.2 Å². The van der Waals surface area contributed by atoms with E-state index in [1.807, 2.05) is 0 Å². The van der Waals surface area contributed by atoms with Gasteiger partial charge in [-0.2, -0.15) is 0 Å². The van der Waals surface area contributed by atoms with Crippen molar-refractivity contribution < 1.29 is 8.42 Å². The third-order valence-electron chi connectivity index (χ3n) is 4.54. The molecule has 2 fully saturated rings. The van der Waals surface area contributed by atoms with Gasteiger partial charge in [-0.25, -0.2) is 8.42 Å². The monoisotopic (exact) mass is 293 g/mol. The van der Waals surface area contributed by atoms with Crippen LogP contribution in [-0.2, 0) is 9.84 Å². The van der Waals surface area contributed by atoms with Crippen LogP contribution >= 0.6 is 0 Å². The van der Waals surface area contributed by atoms with Crippen LogP contribution in [0.1, 0.15) is 43.4 Å². The summed E-state index contributed by atoms with van der Waals surface area (Å²) in [5, 5.41) is 3.67. The molecule has 1 aromatic rings. The first-order chi connectivity index (χ1) is 9.37. The molecule has 3 rings (SSSR count). The van der Waals surface area contributed by atoms with Crippen molar-refractivity contribution in [3.63, 3.8) is 0 Å². The van der Waals surface area contributed by atoms with Crippen LogP contribution in [0.15, 0.2) is 24.3 Å². The van der Waals surface area contributed by atoms with E-state index in [1.165, 1.54) is 24.0 Å². The Balaban J connectivity index is 1.80. The van der Waals surface area contributed by atoms with Gasteiger partial charge in [0.25, 0.3) is 0 Å². The van der Waals surface area contributed by atoms with Crippen molar-refractivity contribution in [3.05, 3.63) is 35.4 Å². The molecule has 1 heterocycles. The average molecular weight is 293 g/mol. The average Bonchev–Trinajstić information content (AvgIpc) is 3.15. The van der Waals surface area contributed by atoms with Crippen molar-refractivity contribution in [2.45, 2.75) is 44.7 Å². The van der Waals surface area contributed by atoms with Gasteiger partial charge < -0.3 is 5.32 Å². The summed E-state index contributed by atoms with van der Waals surface area (Å²) >= 11 is 0. The van der Waals surface area contributed by atoms with Crippen molar-refractivity contribution in [3.8, 4) is 0 Å². The summed E-state index contributed by atoms with van der Waals surface area (Å²) < 4.78 is 23.5. The lowest BCUT2D eigenvalue weighted by atomic mass is 9.95. The van der Waals surface area contributed by atoms with Gasteiger partial charge in [-0.1, -0.05) is 29.8 Å². The van der Waals surface area contributed by atoms with E-state index in [4.69, 9.17) is 0 Å². The van der Waals surface area contributed by atoms with Gasteiger partial charge >= 0.3 is 0 Å². The standard InChI is InChI=1S/C16H23NO2S/c1-12-3-5-13(6-4-12)15(14-7-8-14)17-16(2)9-10-20(18,19)11-16/h3-6,14-15,17H,7-11H2,1-2H3. The summed E-state index contributed by atoms with van der Waals surface area (Å²) in [5.74, 6) is 1.26. The van der Waals surface area contributed by atoms with E-state index < -0.39 is 9.84 Å². The lowest BCUT2D eigenvalue weighted by Gasteiger charge is -2.31. The van der Waals surface area contributed by atoms with Crippen LogP contribution in [0.3, 0.4) is 0 Å². The highest BCUT2D eigenvalue weighted by Crippen LogP contribution is 2.43. The van der Waals surface area contributed by atoms with E-state index in [0.29, 0.717) is 17.7 Å². The molecule has 1 aliphatic heterocycles. The Morgan fingerprint density at radius 3 is 2.40 bits per heavy atom. The Morgan fingerprint density at radius 2 is 1.90 bits per heavy atom. The molecule has 2 aliphatic rings. The van der Waals surface area contributed by atoms with E-state index in [0.717, 1.165) is 6.42 Å². The zero-order chi connectivity index (χ0) is 14.4. The van der Waals surface area contributed by atoms with Gasteiger partial charge in [0.05, 0.1) is 11.5 Å². The largest absolute Gasteiger partial charge is 0.303 e. The molecule has 2 unspecified atom stereocenters. The SMILES string of the molecule is Cc1ccc(C(NC2(C)CCS(=O)(=O)C2)C2CC2)cc1. The molecule has 0 amide bonds. The van der Waals surface area contributed by atoms with Crippen LogP contribution in [0.2, 0.25) is 0 Å². The van der Waals surface area contributed by atoms with E-state index in [-0.39, 0.29) is 11.3 Å². The summed E-state index contributed by atoms with van der Waals surface area (Å²) in [4.78, 5) is 0. The molecule has 0 aromatic heterocycles. The van der Waals surface area contributed by atoms with Crippen LogP contribution < -0.4 is 5.32 Å². The molecule has 0 spiro atoms. The van der Waals surface area contributed by atoms with Crippen LogP contribution in [0.5, 0.6) is 0 Å². The maximum atomic E-state index is 11.8. The first-order valence-electron chi connectivity index (χ1n) is 7.42. The van der Waals surface area contributed by atoms with Gasteiger partial charge in [0, 0.05) is 11.6 Å². The minimum absolute atomic E-state index is 0.267. The Hall–Kier alpha value is -0.870. The fourth-order valence-electron chi connectivity index (χ4n) is 3.18. The van der Waals surface area contributed by atoms with E-state index >= 15 is 0 Å². The highest BCUT2D eigenvalue weighted by atomic mass is 32.2. The predicted molar refractivity (Wildman–Crippen MR) is 81.5 cm³/mol. The lowest BCUT2D eigenvalue weighted by Crippen LogP contribution is -2.46. The number of rotatable bonds is 4. The van der Waals surface area contributed by atoms with E-state index in [9.17, 15) is 8.42 Å². The highest BCUT2D eigenvalue weighted by molar-refractivity contribution is 7.91. The van der Waals surface area contributed by atoms with Gasteiger partial charge in [-0.3, -0.25) is 0 Å². The van der Waals surface area contributed by atoms with Crippen molar-refractivity contribution >= 4 is 9.84 Å². The molecule has 1 saturated carbocycles. The summed E-state index contributed by atoms with van der Waals surface area (Å²) in [6.45, 7) is 4.15. The molecule has 3 nitrogen and oxygen atoms in total. The zero-order valence-electron chi connectivity index (χ0n) is 12.2. The summed E-state index contributed by atoms with van der Waals surface area (Å²) in [7, 11) is -2.86. The zero-order valence-corrected chi connectivity index (χ0v) is 13.0. The molecule has 110 valence electrons. The second-order valence-corrected chi connectivity index (χ2v) is 8.96. The van der Waals surface area contributed by atoms with Gasteiger partial charge in [-0.15, -0.1) is 0 Å². The number of benzene rings is 1. The van der Waals surface area contributed by atoms with Crippen molar-refractivity contribution in [1.29, 1.82) is 0 Å². The second-order valence-electron chi connectivity index (χ2n) is 6.77. The molecule has 1 aromatic carbocycles. The van der Waals surface area contributed by atoms with Crippen LogP contribution in [0.4, 0.5) is 0 Å². The molecule has 0 bridgehead atoms. The minimum atomic E-state index is -2.86. The smallest absolute Gasteiger partial charge is 0.152 e. The summed E-state index contributed by atoms with van der Waals surface area (Å²) in [5.41, 5.74) is 2.29. The number of nitrogens with one attached hydrogen (secondary N) is 1. The minimum Gasteiger partial charge on any atom is -0.303 e. The predicted octanol–water partition coefficient (Wildman–Crippen LogP) is 2.61. The number of hydrogen-bond donors (Lipinski definition) is 1. The third-order valence-corrected chi connectivity index (χ3v) is 6.44. The Kier molecular flexibility index (Phi) is 3.41. The summed E-state index contributed by atoms with van der Waals surface area (Å²) in [6.07, 6.45) is 3.22. The quantitative estimate of drug-likeness (QED) is 0.928. The van der Waals surface area contributed by atoms with Gasteiger partial charge in [0.15, 0.2) is 9.84 Å². The highest BCUT2D eigenvalue weighted by Gasteiger charge is 2.42. The second kappa shape index (κ2) is 4.85. The molecular weight excluding hydrogens is 270 g/mol. The van der Waals surface area contributed by atoms with Crippen LogP contribution in [0.25, 0.3) is 0 Å². The third kappa shape index (κ3) is 3.07.